The van der Waals surface area contributed by atoms with Crippen molar-refractivity contribution < 1.29 is 129 Å². The molecular formula is C57H69N9O27. The van der Waals surface area contributed by atoms with Gasteiger partial charge in [-0.05, 0) is 16.7 Å². The van der Waals surface area contributed by atoms with Gasteiger partial charge < -0.3 is 71.1 Å². The maximum Gasteiger partial charge on any atom is 0.303 e. The van der Waals surface area contributed by atoms with Crippen LogP contribution in [-0.2, 0) is 148 Å². The molecule has 3 aliphatic heterocycles. The van der Waals surface area contributed by atoms with Crippen molar-refractivity contribution in [1.82, 2.24) is 45.0 Å². The van der Waals surface area contributed by atoms with Crippen LogP contribution in [0.1, 0.15) is 135 Å². The number of benzene rings is 1. The Kier molecular flexibility index (Phi) is 23.9. The Bertz CT molecular complexity index is 3080. The lowest BCUT2D eigenvalue weighted by Crippen LogP contribution is -2.59. The van der Waals surface area contributed by atoms with E-state index in [9.17, 15) is 57.5 Å². The Hall–Kier alpha value is -9.84. The number of hydrogen-bond donors (Lipinski definition) is 0. The van der Waals surface area contributed by atoms with Gasteiger partial charge in [-0.3, -0.25) is 57.5 Å². The molecule has 4 aromatic rings. The van der Waals surface area contributed by atoms with Crippen molar-refractivity contribution >= 4 is 71.6 Å². The molecule has 3 aliphatic rings. The quantitative estimate of drug-likeness (QED) is 0.0658. The summed E-state index contributed by atoms with van der Waals surface area (Å²) >= 11 is 0. The van der Waals surface area contributed by atoms with Crippen LogP contribution in [0.4, 0.5) is 0 Å². The monoisotopic (exact) mass is 1310 g/mol. The van der Waals surface area contributed by atoms with Crippen molar-refractivity contribution in [3.05, 3.63) is 70.6 Å². The van der Waals surface area contributed by atoms with Crippen LogP contribution in [0.15, 0.2) is 36.8 Å². The van der Waals surface area contributed by atoms with Gasteiger partial charge in [0.25, 0.3) is 0 Å². The zero-order valence-corrected chi connectivity index (χ0v) is 52.4. The molecule has 3 aromatic heterocycles. The van der Waals surface area contributed by atoms with E-state index < -0.39 is 183 Å². The fraction of sp³-hybridized carbons (Fsp3) is 0.579. The third-order valence-corrected chi connectivity index (χ3v) is 13.7. The second kappa shape index (κ2) is 31.5. The lowest BCUT2D eigenvalue weighted by atomic mass is 9.92. The number of rotatable bonds is 24. The van der Waals surface area contributed by atoms with E-state index in [1.54, 1.807) is 18.2 Å². The second-order valence-electron chi connectivity index (χ2n) is 21.5. The molecule has 93 heavy (non-hydrogen) atoms. The maximum absolute atomic E-state index is 12.7. The summed E-state index contributed by atoms with van der Waals surface area (Å²) < 4.78 is 89.2. The molecule has 1 aromatic carbocycles. The third-order valence-electron chi connectivity index (χ3n) is 13.7. The van der Waals surface area contributed by atoms with E-state index in [1.165, 1.54) is 32.6 Å². The van der Waals surface area contributed by atoms with Crippen molar-refractivity contribution in [3.8, 4) is 0 Å². The summed E-state index contributed by atoms with van der Waals surface area (Å²) in [6.45, 7) is 11.3. The lowest BCUT2D eigenvalue weighted by Gasteiger charge is -2.43. The van der Waals surface area contributed by atoms with Crippen LogP contribution in [0.2, 0.25) is 0 Å². The predicted octanol–water partition coefficient (Wildman–Crippen LogP) is 0.000300. The van der Waals surface area contributed by atoms with Crippen LogP contribution in [0.25, 0.3) is 0 Å². The van der Waals surface area contributed by atoms with Gasteiger partial charge in [-0.25, -0.2) is 14.0 Å². The molecule has 15 atom stereocenters. The normalized spacial score (nSPS) is 25.7. The van der Waals surface area contributed by atoms with E-state index >= 15 is 0 Å². The zero-order valence-electron chi connectivity index (χ0n) is 52.4. The largest absolute Gasteiger partial charge is 0.463 e. The van der Waals surface area contributed by atoms with Gasteiger partial charge in [-0.2, -0.15) is 0 Å². The highest BCUT2D eigenvalue weighted by Crippen LogP contribution is 2.40. The molecular weight excluding hydrogens is 1240 g/mol. The summed E-state index contributed by atoms with van der Waals surface area (Å²) in [5.41, 5.74) is 1.58. The Labute approximate surface area is 528 Å². The smallest absolute Gasteiger partial charge is 0.303 e. The molecule has 0 amide bonds. The molecule has 0 N–H and O–H groups in total. The van der Waals surface area contributed by atoms with E-state index in [2.05, 4.69) is 30.9 Å². The molecule has 0 aliphatic carbocycles. The molecule has 0 unspecified atom stereocenters. The van der Waals surface area contributed by atoms with E-state index in [4.69, 9.17) is 71.1 Å². The van der Waals surface area contributed by atoms with E-state index in [0.717, 1.165) is 83.1 Å². The maximum atomic E-state index is 12.7. The van der Waals surface area contributed by atoms with Crippen LogP contribution < -0.4 is 0 Å². The summed E-state index contributed by atoms with van der Waals surface area (Å²) in [5, 5.41) is 26.0. The van der Waals surface area contributed by atoms with Crippen molar-refractivity contribution in [2.75, 3.05) is 19.8 Å². The molecule has 36 nitrogen and oxygen atoms in total. The average molecular weight is 1310 g/mol. The number of aromatic nitrogens is 9. The fourth-order valence-corrected chi connectivity index (χ4v) is 10.6. The van der Waals surface area contributed by atoms with Crippen LogP contribution in [0.3, 0.4) is 0 Å². The fourth-order valence-electron chi connectivity index (χ4n) is 10.6. The van der Waals surface area contributed by atoms with Gasteiger partial charge in [-0.1, -0.05) is 33.8 Å². The Balaban J connectivity index is 1.29. The van der Waals surface area contributed by atoms with Crippen LogP contribution >= 0.6 is 0 Å². The van der Waals surface area contributed by atoms with Crippen LogP contribution in [0.5, 0.6) is 0 Å². The molecule has 0 saturated carbocycles. The van der Waals surface area contributed by atoms with Gasteiger partial charge in [0, 0.05) is 83.1 Å². The molecule has 0 bridgehead atoms. The summed E-state index contributed by atoms with van der Waals surface area (Å²) in [5.74, 6) is -9.80. The minimum atomic E-state index is -1.52. The molecule has 3 fully saturated rings. The molecule has 6 heterocycles. The standard InChI is InChI=1S/C57H69N9O27/c1-25(67)79-22-43-49(82-28(4)70)55(88-34(10)76)52(85-31(7)73)46(91-43)40-19-64(61-58-40)16-37-13-38(17-65-20-41(59-62-65)47-53(86-32(8)74)56(89-35(11)77)50(83-29(5)71)44(92-47)23-80-26(2)68)15-39(14-37)18-66-21-42(60-63-66)48-54(87-33(9)75)57(90-36(12)78)51(84-30(6)72)45(93-48)24-81-27(3)69/h13-15,19-21,43-57H,16-18,22-24H2,1-12H3/t43-,44-,45-,46+,47+,48+,49-,50-,51-,52+,53+,54+,55+,56+,57+/m1/s1. The lowest BCUT2D eigenvalue weighted by molar-refractivity contribution is -0.255. The predicted molar refractivity (Wildman–Crippen MR) is 297 cm³/mol. The van der Waals surface area contributed by atoms with Crippen molar-refractivity contribution in [2.45, 2.75) is 194 Å². The number of esters is 12. The summed E-state index contributed by atoms with van der Waals surface area (Å²) in [6, 6.07) is 5.25. The van der Waals surface area contributed by atoms with Gasteiger partial charge in [-0.15, -0.1) is 15.3 Å². The minimum Gasteiger partial charge on any atom is -0.463 e. The Morgan fingerprint density at radius 2 is 0.516 bits per heavy atom. The summed E-state index contributed by atoms with van der Waals surface area (Å²) in [4.78, 5) is 149. The van der Waals surface area contributed by atoms with Crippen molar-refractivity contribution in [1.29, 1.82) is 0 Å². The molecule has 3 saturated heterocycles. The van der Waals surface area contributed by atoms with Gasteiger partial charge >= 0.3 is 71.6 Å². The van der Waals surface area contributed by atoms with Crippen molar-refractivity contribution in [2.24, 2.45) is 0 Å². The molecule has 0 radical (unpaired) electrons. The summed E-state index contributed by atoms with van der Waals surface area (Å²) in [6.07, 6.45) is -17.3. The topological polar surface area (TPSA) is 435 Å². The second-order valence-corrected chi connectivity index (χ2v) is 21.5. The number of ether oxygens (including phenoxy) is 15. The molecule has 7 rings (SSSR count). The Morgan fingerprint density at radius 3 is 0.720 bits per heavy atom. The first-order valence-electron chi connectivity index (χ1n) is 28.6. The summed E-state index contributed by atoms with van der Waals surface area (Å²) in [7, 11) is 0. The average Bonchev–Trinajstić information content (AvgIpc) is 1.79. The highest BCUT2D eigenvalue weighted by Gasteiger charge is 2.56. The minimum absolute atomic E-state index is 0.0126. The number of carbonyl (C=O) groups is 12. The van der Waals surface area contributed by atoms with Gasteiger partial charge in [0.1, 0.15) is 73.5 Å². The first kappa shape index (κ1) is 70.6. The highest BCUT2D eigenvalue weighted by molar-refractivity contribution is 5.71. The zero-order chi connectivity index (χ0) is 68.1. The first-order valence-corrected chi connectivity index (χ1v) is 28.6. The number of carbonyl (C=O) groups excluding carboxylic acids is 12. The van der Waals surface area contributed by atoms with E-state index in [0.29, 0.717) is 16.7 Å². The van der Waals surface area contributed by atoms with Gasteiger partial charge in [0.2, 0.25) is 0 Å². The Morgan fingerprint density at radius 1 is 0.312 bits per heavy atom. The third kappa shape index (κ3) is 19.6. The van der Waals surface area contributed by atoms with Crippen LogP contribution in [0, 0.1) is 0 Å². The van der Waals surface area contributed by atoms with E-state index in [-0.39, 0.29) is 36.7 Å². The van der Waals surface area contributed by atoms with Gasteiger partial charge in [0.05, 0.1) is 38.2 Å². The molecule has 36 heteroatoms. The molecule has 504 valence electrons. The SMILES string of the molecule is CC(=O)OC[C@H]1O[C@@H](c2cn(Cc3cc(Cn4cc([C@@H]5O[C@H](COC(C)=O)[C@@H](OC(C)=O)[C@H](OC(C)=O)[C@H]5OC(C)=O)nn4)cc(Cn4cc([C@@H]5O[C@H](COC(C)=O)[C@@H](OC(C)=O)[C@H](OC(C)=O)[C@H]5OC(C)=O)nn4)c3)nn2)[C@H](OC(C)=O)[C@@H](OC(C)=O)[C@@H]1OC(C)=O. The van der Waals surface area contributed by atoms with Crippen molar-refractivity contribution in [3.63, 3.8) is 0 Å². The highest BCUT2D eigenvalue weighted by atomic mass is 16.7. The van der Waals surface area contributed by atoms with Crippen LogP contribution in [-0.4, -0.2) is 210 Å². The number of hydrogen-bond acceptors (Lipinski definition) is 33. The number of nitrogens with zero attached hydrogens (tertiary/aromatic N) is 9. The first-order chi connectivity index (χ1) is 43.9. The van der Waals surface area contributed by atoms with Gasteiger partial charge in [0.15, 0.2) is 54.9 Å². The van der Waals surface area contributed by atoms with E-state index in [1.807, 2.05) is 0 Å². The molecule has 0 spiro atoms.